The number of hydrogen-bond donors (Lipinski definition) is 1. The predicted molar refractivity (Wildman–Crippen MR) is 152 cm³/mol. The Labute approximate surface area is 246 Å². The molecule has 230 valence electrons. The number of allylic oxidation sites excluding steroid dienone is 2. The molecule has 2 aliphatic rings. The van der Waals surface area contributed by atoms with Crippen LogP contribution in [0, 0.1) is 10.1 Å². The number of rotatable bonds is 9. The minimum atomic E-state index is -4.40. The molecule has 0 spiro atoms. The molecule has 13 heteroatoms. The molecule has 2 heterocycles. The largest absolute Gasteiger partial charge is 0.466 e. The predicted octanol–water partition coefficient (Wildman–Crippen LogP) is 4.78. The monoisotopic (exact) mass is 602 g/mol. The molecule has 0 aromatic heterocycles. The first-order valence-electron chi connectivity index (χ1n) is 13.7. The number of anilines is 1. The zero-order chi connectivity index (χ0) is 31.3. The van der Waals surface area contributed by atoms with Gasteiger partial charge in [-0.1, -0.05) is 18.2 Å². The van der Waals surface area contributed by atoms with E-state index in [4.69, 9.17) is 9.47 Å². The van der Waals surface area contributed by atoms with Gasteiger partial charge in [-0.25, -0.2) is 9.59 Å². The number of nitro benzene ring substituents is 1. The summed E-state index contributed by atoms with van der Waals surface area (Å²) >= 11 is 0. The molecule has 0 bridgehead atoms. The summed E-state index contributed by atoms with van der Waals surface area (Å²) in [7, 11) is 1.22. The third-order valence-electron chi connectivity index (χ3n) is 7.56. The Balaban J connectivity index is 1.38. The first kappa shape index (κ1) is 31.5. The van der Waals surface area contributed by atoms with Crippen molar-refractivity contribution in [2.24, 2.45) is 0 Å². The topological polar surface area (TPSA) is 114 Å². The van der Waals surface area contributed by atoms with Crippen molar-refractivity contribution >= 4 is 23.3 Å². The summed E-state index contributed by atoms with van der Waals surface area (Å²) in [5.41, 5.74) is 1.27. The van der Waals surface area contributed by atoms with Gasteiger partial charge in [0.05, 0.1) is 41.3 Å². The number of dihydropyridines is 1. The molecule has 0 radical (unpaired) electrons. The fourth-order valence-corrected chi connectivity index (χ4v) is 5.44. The third-order valence-corrected chi connectivity index (χ3v) is 7.56. The van der Waals surface area contributed by atoms with Crippen LogP contribution in [0.15, 0.2) is 71.1 Å². The summed E-state index contributed by atoms with van der Waals surface area (Å²) in [5, 5.41) is 14.5. The summed E-state index contributed by atoms with van der Waals surface area (Å²) in [4.78, 5) is 41.1. The molecule has 0 saturated carbocycles. The van der Waals surface area contributed by atoms with Crippen molar-refractivity contribution in [2.45, 2.75) is 32.4 Å². The van der Waals surface area contributed by atoms with E-state index in [9.17, 15) is 32.9 Å². The van der Waals surface area contributed by atoms with Gasteiger partial charge in [0.15, 0.2) is 0 Å². The van der Waals surface area contributed by atoms with Gasteiger partial charge in [0.1, 0.15) is 0 Å². The fraction of sp³-hybridized carbons (Fsp3) is 0.400. The number of non-ortho nitro benzene ring substituents is 1. The Morgan fingerprint density at radius 2 is 1.65 bits per heavy atom. The van der Waals surface area contributed by atoms with E-state index in [-0.39, 0.29) is 23.4 Å². The number of nitrogens with zero attached hydrogens (tertiary/aromatic N) is 3. The Hall–Kier alpha value is -4.39. The van der Waals surface area contributed by atoms with Gasteiger partial charge in [0, 0.05) is 61.9 Å². The molecule has 0 aliphatic carbocycles. The molecule has 2 aromatic carbocycles. The lowest BCUT2D eigenvalue weighted by atomic mass is 9.80. The number of carbonyl (C=O) groups is 2. The van der Waals surface area contributed by atoms with E-state index in [1.54, 1.807) is 26.0 Å². The Morgan fingerprint density at radius 1 is 1.00 bits per heavy atom. The van der Waals surface area contributed by atoms with Gasteiger partial charge in [0.25, 0.3) is 5.69 Å². The number of alkyl halides is 3. The van der Waals surface area contributed by atoms with E-state index < -0.39 is 34.5 Å². The first-order valence-corrected chi connectivity index (χ1v) is 13.7. The zero-order valence-electron chi connectivity index (χ0n) is 24.1. The van der Waals surface area contributed by atoms with E-state index in [2.05, 4.69) is 10.2 Å². The third kappa shape index (κ3) is 7.34. The van der Waals surface area contributed by atoms with E-state index in [1.807, 2.05) is 4.90 Å². The average Bonchev–Trinajstić information content (AvgIpc) is 2.98. The van der Waals surface area contributed by atoms with Crippen LogP contribution in [0.3, 0.4) is 0 Å². The van der Waals surface area contributed by atoms with Crippen LogP contribution in [0.1, 0.15) is 37.3 Å². The van der Waals surface area contributed by atoms with Crippen LogP contribution in [-0.2, 0) is 25.2 Å². The summed E-state index contributed by atoms with van der Waals surface area (Å²) in [5.74, 6) is -2.28. The van der Waals surface area contributed by atoms with E-state index >= 15 is 0 Å². The van der Waals surface area contributed by atoms with Crippen LogP contribution in [-0.4, -0.2) is 68.2 Å². The van der Waals surface area contributed by atoms with Gasteiger partial charge in [0.2, 0.25) is 0 Å². The second kappa shape index (κ2) is 13.3. The highest BCUT2D eigenvalue weighted by atomic mass is 19.4. The molecule has 4 rings (SSSR count). The van der Waals surface area contributed by atoms with Crippen LogP contribution in [0.25, 0.3) is 0 Å². The van der Waals surface area contributed by atoms with Gasteiger partial charge in [-0.3, -0.25) is 15.0 Å². The minimum absolute atomic E-state index is 0.0847. The van der Waals surface area contributed by atoms with Crippen LogP contribution in [0.2, 0.25) is 0 Å². The molecule has 1 saturated heterocycles. The van der Waals surface area contributed by atoms with Crippen molar-refractivity contribution in [1.29, 1.82) is 0 Å². The molecule has 1 atom stereocenters. The molecule has 2 aromatic rings. The first-order chi connectivity index (χ1) is 20.4. The van der Waals surface area contributed by atoms with Crippen molar-refractivity contribution in [2.75, 3.05) is 51.3 Å². The van der Waals surface area contributed by atoms with Crippen molar-refractivity contribution < 1.29 is 37.2 Å². The molecule has 1 fully saturated rings. The Kier molecular flexibility index (Phi) is 9.74. The van der Waals surface area contributed by atoms with Crippen molar-refractivity contribution in [3.8, 4) is 0 Å². The van der Waals surface area contributed by atoms with Crippen molar-refractivity contribution in [3.05, 3.63) is 92.3 Å². The number of ether oxygens (including phenoxy) is 2. The Morgan fingerprint density at radius 3 is 2.28 bits per heavy atom. The SMILES string of the molecule is COC(=O)C1=C(C)NC(C)=C(C(=O)OCCCN2CCN(c3cccc(C(F)(F)F)c3)CC2)C1c1cccc([N+](=O)[O-])c1. The molecule has 43 heavy (non-hydrogen) atoms. The maximum absolute atomic E-state index is 13.4. The van der Waals surface area contributed by atoms with Gasteiger partial charge < -0.3 is 19.7 Å². The second-order valence-electron chi connectivity index (χ2n) is 10.3. The molecule has 10 nitrogen and oxygen atoms in total. The highest BCUT2D eigenvalue weighted by Gasteiger charge is 2.38. The van der Waals surface area contributed by atoms with Gasteiger partial charge in [-0.05, 0) is 44.0 Å². The number of piperazine rings is 1. The number of benzene rings is 2. The summed E-state index contributed by atoms with van der Waals surface area (Å²) in [6.45, 7) is 6.43. The number of halogens is 3. The number of carbonyl (C=O) groups excluding carboxylic acids is 2. The molecule has 2 aliphatic heterocycles. The lowest BCUT2D eigenvalue weighted by molar-refractivity contribution is -0.384. The summed E-state index contributed by atoms with van der Waals surface area (Å²) in [6, 6.07) is 11.1. The summed E-state index contributed by atoms with van der Waals surface area (Å²) in [6.07, 6.45) is -3.89. The number of methoxy groups -OCH3 is 1. The number of esters is 2. The standard InChI is InChI=1S/C30H33F3N4O6/c1-19-25(28(38)42-3)27(21-7-4-10-24(17-21)37(40)41)26(20(2)34-19)29(39)43-16-6-11-35-12-14-36(15-13-35)23-9-5-8-22(18-23)30(31,32)33/h4-5,7-10,17-18,27,34H,6,11-16H2,1-3H3. The average molecular weight is 603 g/mol. The van der Waals surface area contributed by atoms with E-state index in [1.165, 1.54) is 31.4 Å². The van der Waals surface area contributed by atoms with E-state index in [0.717, 1.165) is 12.1 Å². The zero-order valence-corrected chi connectivity index (χ0v) is 24.1. The highest BCUT2D eigenvalue weighted by molar-refractivity contribution is 5.99. The van der Waals surface area contributed by atoms with Crippen molar-refractivity contribution in [3.63, 3.8) is 0 Å². The molecule has 1 N–H and O–H groups in total. The Bertz CT molecular complexity index is 1450. The minimum Gasteiger partial charge on any atom is -0.466 e. The second-order valence-corrected chi connectivity index (χ2v) is 10.3. The molecule has 0 amide bonds. The van der Waals surface area contributed by atoms with Crippen molar-refractivity contribution in [1.82, 2.24) is 10.2 Å². The fourth-order valence-electron chi connectivity index (χ4n) is 5.44. The summed E-state index contributed by atoms with van der Waals surface area (Å²) < 4.78 is 49.9. The van der Waals surface area contributed by atoms with Gasteiger partial charge in [-0.2, -0.15) is 13.2 Å². The smallest absolute Gasteiger partial charge is 0.416 e. The van der Waals surface area contributed by atoms with Crippen LogP contribution >= 0.6 is 0 Å². The van der Waals surface area contributed by atoms with Crippen LogP contribution < -0.4 is 10.2 Å². The lowest BCUT2D eigenvalue weighted by Gasteiger charge is -2.36. The quantitative estimate of drug-likeness (QED) is 0.188. The number of nitrogens with one attached hydrogen (secondary N) is 1. The van der Waals surface area contributed by atoms with Gasteiger partial charge in [-0.15, -0.1) is 0 Å². The van der Waals surface area contributed by atoms with E-state index in [0.29, 0.717) is 61.8 Å². The number of hydrogen-bond acceptors (Lipinski definition) is 9. The molecular formula is C30H33F3N4O6. The van der Waals surface area contributed by atoms with Crippen LogP contribution in [0.5, 0.6) is 0 Å². The van der Waals surface area contributed by atoms with Gasteiger partial charge >= 0.3 is 18.1 Å². The maximum Gasteiger partial charge on any atom is 0.416 e. The van der Waals surface area contributed by atoms with Crippen LogP contribution in [0.4, 0.5) is 24.5 Å². The molecular weight excluding hydrogens is 569 g/mol. The normalized spacial score (nSPS) is 17.9. The number of nitro groups is 1. The molecule has 1 unspecified atom stereocenters. The maximum atomic E-state index is 13.4. The lowest BCUT2D eigenvalue weighted by Crippen LogP contribution is -2.46. The highest BCUT2D eigenvalue weighted by Crippen LogP contribution is 2.40.